The number of aromatic carboxylic acids is 1. The van der Waals surface area contributed by atoms with Crippen molar-refractivity contribution in [2.75, 3.05) is 18.5 Å². The molecule has 0 saturated carbocycles. The molecule has 2 aromatic carbocycles. The van der Waals surface area contributed by atoms with Crippen molar-refractivity contribution >= 4 is 29.2 Å². The van der Waals surface area contributed by atoms with Crippen LogP contribution in [0.5, 0.6) is 0 Å². The molecule has 0 bridgehead atoms. The SMILES string of the molecule is O=C(O)c1ccc(F)c(NC(=O)C2(c3ccccc3Cl)CCOCC2)c1. The van der Waals surface area contributed by atoms with Crippen LogP contribution in [0.25, 0.3) is 0 Å². The molecule has 26 heavy (non-hydrogen) atoms. The number of nitrogens with one attached hydrogen (secondary N) is 1. The fourth-order valence-electron chi connectivity index (χ4n) is 3.18. The quantitative estimate of drug-likeness (QED) is 0.848. The smallest absolute Gasteiger partial charge is 0.335 e. The summed E-state index contributed by atoms with van der Waals surface area (Å²) in [5.74, 6) is -2.34. The minimum absolute atomic E-state index is 0.111. The van der Waals surface area contributed by atoms with Crippen LogP contribution < -0.4 is 5.32 Å². The summed E-state index contributed by atoms with van der Waals surface area (Å²) >= 11 is 6.32. The van der Waals surface area contributed by atoms with E-state index in [4.69, 9.17) is 21.4 Å². The monoisotopic (exact) mass is 377 g/mol. The standard InChI is InChI=1S/C19H17ClFNO4/c20-14-4-2-1-3-13(14)19(7-9-26-10-8-19)18(25)22-16-11-12(17(23)24)5-6-15(16)21/h1-6,11H,7-10H2,(H,22,25)(H,23,24). The third kappa shape index (κ3) is 3.43. The van der Waals surface area contributed by atoms with Crippen molar-refractivity contribution in [3.05, 3.63) is 64.4 Å². The lowest BCUT2D eigenvalue weighted by molar-refractivity contribution is -0.125. The molecule has 1 amide bonds. The lowest BCUT2D eigenvalue weighted by Crippen LogP contribution is -2.45. The molecule has 1 aliphatic heterocycles. The van der Waals surface area contributed by atoms with Crippen LogP contribution in [-0.2, 0) is 14.9 Å². The van der Waals surface area contributed by atoms with Gasteiger partial charge in [-0.1, -0.05) is 29.8 Å². The molecule has 2 N–H and O–H groups in total. The van der Waals surface area contributed by atoms with E-state index in [1.165, 1.54) is 0 Å². The van der Waals surface area contributed by atoms with Crippen LogP contribution in [0.2, 0.25) is 5.02 Å². The molecule has 5 nitrogen and oxygen atoms in total. The van der Waals surface area contributed by atoms with Crippen LogP contribution in [0, 0.1) is 5.82 Å². The summed E-state index contributed by atoms with van der Waals surface area (Å²) in [7, 11) is 0. The molecule has 3 rings (SSSR count). The Kier molecular flexibility index (Phi) is 5.25. The van der Waals surface area contributed by atoms with Crippen molar-refractivity contribution in [3.63, 3.8) is 0 Å². The summed E-state index contributed by atoms with van der Waals surface area (Å²) in [4.78, 5) is 24.2. The molecule has 1 fully saturated rings. The van der Waals surface area contributed by atoms with E-state index >= 15 is 0 Å². The molecule has 1 saturated heterocycles. The van der Waals surface area contributed by atoms with E-state index in [0.29, 0.717) is 36.6 Å². The van der Waals surface area contributed by atoms with Gasteiger partial charge in [0, 0.05) is 18.2 Å². The van der Waals surface area contributed by atoms with Gasteiger partial charge >= 0.3 is 5.97 Å². The van der Waals surface area contributed by atoms with Crippen molar-refractivity contribution in [2.45, 2.75) is 18.3 Å². The van der Waals surface area contributed by atoms with Crippen molar-refractivity contribution in [2.24, 2.45) is 0 Å². The maximum atomic E-state index is 14.1. The highest BCUT2D eigenvalue weighted by Gasteiger charge is 2.43. The van der Waals surface area contributed by atoms with Gasteiger partial charge < -0.3 is 15.2 Å². The molecule has 0 atom stereocenters. The van der Waals surface area contributed by atoms with Crippen molar-refractivity contribution in [1.29, 1.82) is 0 Å². The van der Waals surface area contributed by atoms with Gasteiger partial charge in [0.2, 0.25) is 5.91 Å². The number of carboxylic acid groups (broad SMARTS) is 1. The Bertz CT molecular complexity index is 849. The van der Waals surface area contributed by atoms with E-state index in [2.05, 4.69) is 5.32 Å². The molecule has 0 aliphatic carbocycles. The van der Waals surface area contributed by atoms with Crippen LogP contribution in [0.3, 0.4) is 0 Å². The second kappa shape index (κ2) is 7.43. The van der Waals surface area contributed by atoms with Crippen molar-refractivity contribution in [3.8, 4) is 0 Å². The van der Waals surface area contributed by atoms with Gasteiger partial charge in [0.15, 0.2) is 0 Å². The summed E-state index contributed by atoms with van der Waals surface area (Å²) in [5, 5.41) is 12.1. The molecule has 7 heteroatoms. The van der Waals surface area contributed by atoms with Crippen LogP contribution >= 0.6 is 11.6 Å². The Labute approximate surface area is 154 Å². The molecule has 2 aromatic rings. The zero-order valence-electron chi connectivity index (χ0n) is 13.8. The summed E-state index contributed by atoms with van der Waals surface area (Å²) < 4.78 is 19.5. The number of benzene rings is 2. The fraction of sp³-hybridized carbons (Fsp3) is 0.263. The van der Waals surface area contributed by atoms with Gasteiger partial charge in [-0.3, -0.25) is 4.79 Å². The fourth-order valence-corrected chi connectivity index (χ4v) is 3.50. The average molecular weight is 378 g/mol. The van der Waals surface area contributed by atoms with Crippen molar-refractivity contribution < 1.29 is 23.8 Å². The topological polar surface area (TPSA) is 75.6 Å². The molecule has 0 aromatic heterocycles. The summed E-state index contributed by atoms with van der Waals surface area (Å²) in [6, 6.07) is 10.3. The lowest BCUT2D eigenvalue weighted by atomic mass is 9.73. The second-order valence-electron chi connectivity index (χ2n) is 6.13. The van der Waals surface area contributed by atoms with Gasteiger partial charge in [-0.2, -0.15) is 0 Å². The maximum absolute atomic E-state index is 14.1. The molecular weight excluding hydrogens is 361 g/mol. The predicted octanol–water partition coefficient (Wildman–Crippen LogP) is 3.86. The van der Waals surface area contributed by atoms with Gasteiger partial charge in [0.05, 0.1) is 16.7 Å². The number of halogens is 2. The van der Waals surface area contributed by atoms with Crippen LogP contribution in [0.4, 0.5) is 10.1 Å². The zero-order chi connectivity index (χ0) is 18.7. The molecule has 0 radical (unpaired) electrons. The number of carbonyl (C=O) groups is 2. The lowest BCUT2D eigenvalue weighted by Gasteiger charge is -2.36. The Morgan fingerprint density at radius 3 is 2.50 bits per heavy atom. The van der Waals surface area contributed by atoms with Crippen LogP contribution in [0.1, 0.15) is 28.8 Å². The zero-order valence-corrected chi connectivity index (χ0v) is 14.6. The third-order valence-electron chi connectivity index (χ3n) is 4.63. The number of carboxylic acids is 1. The highest BCUT2D eigenvalue weighted by atomic mass is 35.5. The van der Waals surface area contributed by atoms with Gasteiger partial charge in [0.25, 0.3) is 0 Å². The molecular formula is C19H17ClFNO4. The average Bonchev–Trinajstić information content (AvgIpc) is 2.64. The van der Waals surface area contributed by atoms with Gasteiger partial charge in [0.1, 0.15) is 5.82 Å². The minimum Gasteiger partial charge on any atom is -0.478 e. The normalized spacial score (nSPS) is 16.1. The summed E-state index contributed by atoms with van der Waals surface area (Å²) in [6.45, 7) is 0.743. The first-order valence-electron chi connectivity index (χ1n) is 8.11. The first-order valence-corrected chi connectivity index (χ1v) is 8.49. The number of rotatable bonds is 4. The van der Waals surface area contributed by atoms with Gasteiger partial charge in [-0.25, -0.2) is 9.18 Å². The summed E-state index contributed by atoms with van der Waals surface area (Å²) in [5.41, 5.74) is -0.604. The predicted molar refractivity (Wildman–Crippen MR) is 95.2 cm³/mol. The van der Waals surface area contributed by atoms with Gasteiger partial charge in [-0.05, 0) is 42.7 Å². The number of hydrogen-bond acceptors (Lipinski definition) is 3. The minimum atomic E-state index is -1.20. The van der Waals surface area contributed by atoms with Crippen molar-refractivity contribution in [1.82, 2.24) is 0 Å². The molecule has 1 heterocycles. The number of ether oxygens (including phenoxy) is 1. The van der Waals surface area contributed by atoms with E-state index in [1.54, 1.807) is 24.3 Å². The highest BCUT2D eigenvalue weighted by molar-refractivity contribution is 6.31. The van der Waals surface area contributed by atoms with Crippen LogP contribution in [-0.4, -0.2) is 30.2 Å². The van der Waals surface area contributed by atoms with E-state index in [9.17, 15) is 14.0 Å². The first-order chi connectivity index (χ1) is 12.4. The van der Waals surface area contributed by atoms with Gasteiger partial charge in [-0.15, -0.1) is 0 Å². The maximum Gasteiger partial charge on any atom is 0.335 e. The van der Waals surface area contributed by atoms with Crippen LogP contribution in [0.15, 0.2) is 42.5 Å². The highest BCUT2D eigenvalue weighted by Crippen LogP contribution is 2.39. The second-order valence-corrected chi connectivity index (χ2v) is 6.54. The number of amides is 1. The molecule has 1 aliphatic rings. The van der Waals surface area contributed by atoms with E-state index < -0.39 is 23.1 Å². The Morgan fingerprint density at radius 1 is 1.15 bits per heavy atom. The Hall–Kier alpha value is -2.44. The largest absolute Gasteiger partial charge is 0.478 e. The Balaban J connectivity index is 1.99. The molecule has 0 unspecified atom stereocenters. The van der Waals surface area contributed by atoms with E-state index in [0.717, 1.165) is 18.2 Å². The number of hydrogen-bond donors (Lipinski definition) is 2. The number of anilines is 1. The van der Waals surface area contributed by atoms with E-state index in [1.807, 2.05) is 0 Å². The number of carbonyl (C=O) groups excluding carboxylic acids is 1. The first kappa shape index (κ1) is 18.4. The third-order valence-corrected chi connectivity index (χ3v) is 4.96. The molecule has 136 valence electrons. The molecule has 0 spiro atoms. The summed E-state index contributed by atoms with van der Waals surface area (Å²) in [6.07, 6.45) is 0.783. The van der Waals surface area contributed by atoms with E-state index in [-0.39, 0.29) is 11.3 Å². The Morgan fingerprint density at radius 2 is 1.85 bits per heavy atom.